The van der Waals surface area contributed by atoms with Crippen LogP contribution in [0.4, 0.5) is 0 Å². The lowest BCUT2D eigenvalue weighted by molar-refractivity contribution is -0.00516. The Morgan fingerprint density at radius 2 is 1.35 bits per heavy atom. The molecule has 6 rings (SSSR count). The van der Waals surface area contributed by atoms with Gasteiger partial charge in [0.2, 0.25) is 0 Å². The Morgan fingerprint density at radius 1 is 0.739 bits per heavy atom. The van der Waals surface area contributed by atoms with Crippen molar-refractivity contribution in [1.82, 2.24) is 0 Å². The Kier molecular flexibility index (Phi) is 2.99. The first-order chi connectivity index (χ1) is 11.2. The van der Waals surface area contributed by atoms with E-state index in [1.807, 2.05) is 0 Å². The maximum Gasteiger partial charge on any atom is -0.00388 e. The minimum Gasteiger partial charge on any atom is -0.0614 e. The Balaban J connectivity index is 1.54. The number of hydrogen-bond donors (Lipinski definition) is 0. The molecule has 0 spiro atoms. The summed E-state index contributed by atoms with van der Waals surface area (Å²) >= 11 is 0. The van der Waals surface area contributed by atoms with Crippen LogP contribution in [0, 0.1) is 24.7 Å². The van der Waals surface area contributed by atoms with E-state index in [4.69, 9.17) is 0 Å². The third-order valence-corrected chi connectivity index (χ3v) is 6.90. The molecule has 4 aliphatic carbocycles. The molecule has 118 valence electrons. The maximum absolute atomic E-state index is 2.51. The van der Waals surface area contributed by atoms with Crippen molar-refractivity contribution in [2.45, 2.75) is 50.9 Å². The van der Waals surface area contributed by atoms with E-state index in [0.29, 0.717) is 5.41 Å². The van der Waals surface area contributed by atoms with Gasteiger partial charge in [0.1, 0.15) is 0 Å². The molecular formula is C23H26. The van der Waals surface area contributed by atoms with E-state index < -0.39 is 0 Å². The van der Waals surface area contributed by atoms with E-state index in [2.05, 4.69) is 55.5 Å². The van der Waals surface area contributed by atoms with Crippen LogP contribution in [-0.2, 0) is 5.41 Å². The van der Waals surface area contributed by atoms with E-state index in [1.54, 1.807) is 5.56 Å². The predicted molar refractivity (Wildman–Crippen MR) is 96.5 cm³/mol. The number of rotatable bonds is 2. The summed E-state index contributed by atoms with van der Waals surface area (Å²) in [6.45, 7) is 2.16. The van der Waals surface area contributed by atoms with Crippen molar-refractivity contribution in [3.63, 3.8) is 0 Å². The molecule has 23 heavy (non-hydrogen) atoms. The first-order valence-electron chi connectivity index (χ1n) is 9.38. The van der Waals surface area contributed by atoms with E-state index >= 15 is 0 Å². The zero-order valence-corrected chi connectivity index (χ0v) is 14.1. The van der Waals surface area contributed by atoms with Gasteiger partial charge >= 0.3 is 0 Å². The summed E-state index contributed by atoms with van der Waals surface area (Å²) in [5.74, 6) is 3.05. The van der Waals surface area contributed by atoms with Crippen molar-refractivity contribution in [2.24, 2.45) is 17.8 Å². The van der Waals surface area contributed by atoms with Gasteiger partial charge in [0.15, 0.2) is 0 Å². The van der Waals surface area contributed by atoms with Crippen LogP contribution in [0.2, 0.25) is 0 Å². The quantitative estimate of drug-likeness (QED) is 0.626. The summed E-state index contributed by atoms with van der Waals surface area (Å²) in [6, 6.07) is 18.5. The van der Waals surface area contributed by atoms with Crippen LogP contribution in [0.1, 0.15) is 49.7 Å². The summed E-state index contributed by atoms with van der Waals surface area (Å²) in [7, 11) is 0. The Labute approximate surface area is 139 Å². The summed E-state index contributed by atoms with van der Waals surface area (Å²) in [6.07, 6.45) is 8.94. The molecule has 4 aliphatic rings. The standard InChI is InChI=1S/C23H26/c1-16-5-7-20(8-6-16)21-3-2-4-22(12-21)23-13-17-9-18(14-23)11-19(10-17)15-23/h2-8,12,17-19H,9-11,13-15H2,1H3. The van der Waals surface area contributed by atoms with Gasteiger partial charge in [0.25, 0.3) is 0 Å². The van der Waals surface area contributed by atoms with Crippen LogP contribution in [0.5, 0.6) is 0 Å². The molecule has 0 nitrogen and oxygen atoms in total. The average Bonchev–Trinajstić information content (AvgIpc) is 2.54. The van der Waals surface area contributed by atoms with Gasteiger partial charge in [0.05, 0.1) is 0 Å². The van der Waals surface area contributed by atoms with Crippen LogP contribution >= 0.6 is 0 Å². The van der Waals surface area contributed by atoms with Gasteiger partial charge in [-0.25, -0.2) is 0 Å². The second-order valence-corrected chi connectivity index (χ2v) is 8.64. The fourth-order valence-corrected chi connectivity index (χ4v) is 6.24. The third kappa shape index (κ3) is 2.26. The summed E-state index contributed by atoms with van der Waals surface area (Å²) < 4.78 is 0. The highest BCUT2D eigenvalue weighted by Crippen LogP contribution is 2.60. The number of benzene rings is 2. The highest BCUT2D eigenvalue weighted by molar-refractivity contribution is 5.65. The second-order valence-electron chi connectivity index (χ2n) is 8.64. The van der Waals surface area contributed by atoms with Gasteiger partial charge in [-0.2, -0.15) is 0 Å². The zero-order valence-electron chi connectivity index (χ0n) is 14.1. The Bertz CT molecular complexity index is 687. The molecule has 0 saturated heterocycles. The van der Waals surface area contributed by atoms with E-state index in [1.165, 1.54) is 55.2 Å². The van der Waals surface area contributed by atoms with Crippen LogP contribution < -0.4 is 0 Å². The SMILES string of the molecule is Cc1ccc(-c2cccc(C34CC5CC(CC(C5)C3)C4)c2)cc1. The molecule has 4 bridgehead atoms. The van der Waals surface area contributed by atoms with Crippen molar-refractivity contribution >= 4 is 0 Å². The Hall–Kier alpha value is -1.56. The van der Waals surface area contributed by atoms with Gasteiger partial charge in [0, 0.05) is 0 Å². The third-order valence-electron chi connectivity index (χ3n) is 6.90. The fraction of sp³-hybridized carbons (Fsp3) is 0.478. The molecule has 0 heterocycles. The lowest BCUT2D eigenvalue weighted by Crippen LogP contribution is -2.48. The van der Waals surface area contributed by atoms with Crippen molar-refractivity contribution in [3.8, 4) is 11.1 Å². The highest BCUT2D eigenvalue weighted by atomic mass is 14.6. The van der Waals surface area contributed by atoms with Crippen molar-refractivity contribution in [2.75, 3.05) is 0 Å². The molecule has 2 aromatic rings. The van der Waals surface area contributed by atoms with Gasteiger partial charge in [-0.3, -0.25) is 0 Å². The molecule has 0 aliphatic heterocycles. The zero-order chi connectivity index (χ0) is 15.4. The van der Waals surface area contributed by atoms with E-state index in [9.17, 15) is 0 Å². The smallest absolute Gasteiger partial charge is 0.00388 e. The molecule has 0 radical (unpaired) electrons. The summed E-state index contributed by atoms with van der Waals surface area (Å²) in [5, 5.41) is 0. The molecule has 0 aromatic heterocycles. The molecule has 4 fully saturated rings. The topological polar surface area (TPSA) is 0 Å². The highest BCUT2D eigenvalue weighted by Gasteiger charge is 2.51. The minimum atomic E-state index is 0.509. The number of aryl methyl sites for hydroxylation is 1. The van der Waals surface area contributed by atoms with Crippen LogP contribution in [-0.4, -0.2) is 0 Å². The van der Waals surface area contributed by atoms with E-state index in [-0.39, 0.29) is 0 Å². The molecule has 2 aromatic carbocycles. The minimum absolute atomic E-state index is 0.509. The Morgan fingerprint density at radius 3 is 1.96 bits per heavy atom. The first-order valence-corrected chi connectivity index (χ1v) is 9.38. The predicted octanol–water partition coefficient (Wildman–Crippen LogP) is 6.13. The van der Waals surface area contributed by atoms with Crippen molar-refractivity contribution in [1.29, 1.82) is 0 Å². The van der Waals surface area contributed by atoms with E-state index in [0.717, 1.165) is 17.8 Å². The lowest BCUT2D eigenvalue weighted by atomic mass is 9.48. The average molecular weight is 302 g/mol. The van der Waals surface area contributed by atoms with Gasteiger partial charge in [-0.15, -0.1) is 0 Å². The van der Waals surface area contributed by atoms with Crippen molar-refractivity contribution < 1.29 is 0 Å². The number of hydrogen-bond acceptors (Lipinski definition) is 0. The first kappa shape index (κ1) is 13.8. The summed E-state index contributed by atoms with van der Waals surface area (Å²) in [4.78, 5) is 0. The van der Waals surface area contributed by atoms with Crippen molar-refractivity contribution in [3.05, 3.63) is 59.7 Å². The maximum atomic E-state index is 2.51. The molecule has 0 unspecified atom stereocenters. The normalized spacial score (nSPS) is 34.7. The van der Waals surface area contributed by atoms with Crippen LogP contribution in [0.15, 0.2) is 48.5 Å². The molecule has 0 N–H and O–H groups in total. The largest absolute Gasteiger partial charge is 0.0614 e. The lowest BCUT2D eigenvalue weighted by Gasteiger charge is -2.57. The second kappa shape index (κ2) is 4.97. The molecule has 0 atom stereocenters. The monoisotopic (exact) mass is 302 g/mol. The molecule has 0 heteroatoms. The molecule has 4 saturated carbocycles. The van der Waals surface area contributed by atoms with Gasteiger partial charge in [-0.05, 0) is 85.3 Å². The fourth-order valence-electron chi connectivity index (χ4n) is 6.24. The van der Waals surface area contributed by atoms with Crippen LogP contribution in [0.25, 0.3) is 11.1 Å². The molecular weight excluding hydrogens is 276 g/mol. The summed E-state index contributed by atoms with van der Waals surface area (Å²) in [5.41, 5.74) is 6.25. The van der Waals surface area contributed by atoms with Crippen LogP contribution in [0.3, 0.4) is 0 Å². The van der Waals surface area contributed by atoms with Gasteiger partial charge in [-0.1, -0.05) is 54.1 Å². The molecule has 0 amide bonds. The van der Waals surface area contributed by atoms with Gasteiger partial charge < -0.3 is 0 Å².